The largest absolute Gasteiger partial charge is 0.459 e. The van der Waals surface area contributed by atoms with Gasteiger partial charge in [0.2, 0.25) is 0 Å². The standard InChI is InChI=1S/C17H28N4O3/c1-19(2)9-6-10-20(3)17(23)18-14-7-4-11-21(13-14)16(22)15-8-5-12-24-15/h5,8,12,14H,4,6-7,9-11,13H2,1-3H3,(H,18,23)/t14-/m0/s1. The molecule has 0 aliphatic carbocycles. The summed E-state index contributed by atoms with van der Waals surface area (Å²) >= 11 is 0. The van der Waals surface area contributed by atoms with Gasteiger partial charge in [-0.1, -0.05) is 0 Å². The summed E-state index contributed by atoms with van der Waals surface area (Å²) in [7, 11) is 5.85. The van der Waals surface area contributed by atoms with E-state index in [0.29, 0.717) is 25.4 Å². The molecule has 1 aliphatic rings. The van der Waals surface area contributed by atoms with Gasteiger partial charge < -0.3 is 24.4 Å². The first-order chi connectivity index (χ1) is 11.5. The van der Waals surface area contributed by atoms with Crippen molar-refractivity contribution in [2.75, 3.05) is 47.3 Å². The van der Waals surface area contributed by atoms with Crippen molar-refractivity contribution in [2.45, 2.75) is 25.3 Å². The van der Waals surface area contributed by atoms with Crippen molar-refractivity contribution < 1.29 is 14.0 Å². The van der Waals surface area contributed by atoms with Crippen molar-refractivity contribution in [1.82, 2.24) is 20.0 Å². The van der Waals surface area contributed by atoms with Crippen molar-refractivity contribution in [3.8, 4) is 0 Å². The topological polar surface area (TPSA) is 69.0 Å². The molecule has 0 saturated carbocycles. The Labute approximate surface area is 143 Å². The van der Waals surface area contributed by atoms with Gasteiger partial charge in [-0.2, -0.15) is 0 Å². The third-order valence-corrected chi connectivity index (χ3v) is 4.21. The molecule has 2 rings (SSSR count). The summed E-state index contributed by atoms with van der Waals surface area (Å²) in [4.78, 5) is 30.2. The van der Waals surface area contributed by atoms with Crippen LogP contribution in [0.3, 0.4) is 0 Å². The molecule has 1 saturated heterocycles. The third-order valence-electron chi connectivity index (χ3n) is 4.21. The highest BCUT2D eigenvalue weighted by Crippen LogP contribution is 2.14. The normalized spacial score (nSPS) is 17.8. The quantitative estimate of drug-likeness (QED) is 0.854. The number of hydrogen-bond donors (Lipinski definition) is 1. The maximum Gasteiger partial charge on any atom is 0.317 e. The maximum atomic E-state index is 12.3. The second-order valence-corrected chi connectivity index (χ2v) is 6.60. The molecule has 24 heavy (non-hydrogen) atoms. The molecular formula is C17H28N4O3. The van der Waals surface area contributed by atoms with E-state index >= 15 is 0 Å². The van der Waals surface area contributed by atoms with Gasteiger partial charge in [-0.15, -0.1) is 0 Å². The molecule has 2 heterocycles. The fraction of sp³-hybridized carbons (Fsp3) is 0.647. The van der Waals surface area contributed by atoms with Gasteiger partial charge in [-0.05, 0) is 52.0 Å². The van der Waals surface area contributed by atoms with Gasteiger partial charge in [0, 0.05) is 32.7 Å². The lowest BCUT2D eigenvalue weighted by Gasteiger charge is -2.33. The Balaban J connectivity index is 1.79. The van der Waals surface area contributed by atoms with Crippen LogP contribution < -0.4 is 5.32 Å². The summed E-state index contributed by atoms with van der Waals surface area (Å²) in [6.07, 6.45) is 4.20. The van der Waals surface area contributed by atoms with Crippen LogP contribution in [-0.2, 0) is 0 Å². The van der Waals surface area contributed by atoms with Gasteiger partial charge in [0.15, 0.2) is 5.76 Å². The average molecular weight is 336 g/mol. The van der Waals surface area contributed by atoms with Gasteiger partial charge in [-0.25, -0.2) is 4.79 Å². The highest BCUT2D eigenvalue weighted by molar-refractivity contribution is 5.91. The average Bonchev–Trinajstić information content (AvgIpc) is 3.08. The summed E-state index contributed by atoms with van der Waals surface area (Å²) in [5, 5.41) is 3.04. The minimum Gasteiger partial charge on any atom is -0.459 e. The smallest absolute Gasteiger partial charge is 0.317 e. The molecule has 1 aliphatic heterocycles. The minimum atomic E-state index is -0.113. The van der Waals surface area contributed by atoms with Crippen LogP contribution in [0.5, 0.6) is 0 Å². The predicted molar refractivity (Wildman–Crippen MR) is 92.0 cm³/mol. The molecule has 3 amide bonds. The van der Waals surface area contributed by atoms with E-state index in [-0.39, 0.29) is 18.0 Å². The number of hydrogen-bond acceptors (Lipinski definition) is 4. The Kier molecular flexibility index (Phi) is 6.66. The number of urea groups is 1. The van der Waals surface area contributed by atoms with Crippen molar-refractivity contribution in [1.29, 1.82) is 0 Å². The molecule has 0 aromatic carbocycles. The maximum absolute atomic E-state index is 12.3. The van der Waals surface area contributed by atoms with E-state index in [0.717, 1.165) is 25.8 Å². The Morgan fingerprint density at radius 3 is 2.79 bits per heavy atom. The third kappa shape index (κ3) is 5.26. The molecular weight excluding hydrogens is 308 g/mol. The summed E-state index contributed by atoms with van der Waals surface area (Å²) < 4.78 is 5.18. The number of piperidine rings is 1. The predicted octanol–water partition coefficient (Wildman–Crippen LogP) is 1.48. The highest BCUT2D eigenvalue weighted by Gasteiger charge is 2.27. The lowest BCUT2D eigenvalue weighted by molar-refractivity contribution is 0.0663. The Hall–Kier alpha value is -2.02. The molecule has 1 atom stereocenters. The Morgan fingerprint density at radius 2 is 2.12 bits per heavy atom. The molecule has 134 valence electrons. The summed E-state index contributed by atoms with van der Waals surface area (Å²) in [6.45, 7) is 2.89. The molecule has 1 aromatic heterocycles. The number of nitrogens with one attached hydrogen (secondary N) is 1. The lowest BCUT2D eigenvalue weighted by atomic mass is 10.1. The van der Waals surface area contributed by atoms with Crippen LogP contribution in [0.2, 0.25) is 0 Å². The first-order valence-corrected chi connectivity index (χ1v) is 8.46. The summed E-state index contributed by atoms with van der Waals surface area (Å²) in [5.74, 6) is 0.237. The van der Waals surface area contributed by atoms with E-state index in [1.165, 1.54) is 6.26 Å². The minimum absolute atomic E-state index is 0.0125. The van der Waals surface area contributed by atoms with Crippen LogP contribution in [0.4, 0.5) is 4.79 Å². The van der Waals surface area contributed by atoms with E-state index in [1.54, 1.807) is 29.0 Å². The zero-order valence-electron chi connectivity index (χ0n) is 14.8. The van der Waals surface area contributed by atoms with Crippen molar-refractivity contribution in [2.24, 2.45) is 0 Å². The van der Waals surface area contributed by atoms with Crippen LogP contribution in [0.1, 0.15) is 29.8 Å². The Morgan fingerprint density at radius 1 is 1.33 bits per heavy atom. The highest BCUT2D eigenvalue weighted by atomic mass is 16.3. The van der Waals surface area contributed by atoms with E-state index in [9.17, 15) is 9.59 Å². The monoisotopic (exact) mass is 336 g/mol. The zero-order valence-corrected chi connectivity index (χ0v) is 14.8. The number of furan rings is 1. The molecule has 7 nitrogen and oxygen atoms in total. The Bertz CT molecular complexity index is 530. The second-order valence-electron chi connectivity index (χ2n) is 6.60. The fourth-order valence-corrected chi connectivity index (χ4v) is 2.85. The van der Waals surface area contributed by atoms with E-state index < -0.39 is 0 Å². The van der Waals surface area contributed by atoms with Crippen LogP contribution in [-0.4, -0.2) is 80.0 Å². The first kappa shape index (κ1) is 18.3. The van der Waals surface area contributed by atoms with Gasteiger partial charge in [0.05, 0.1) is 6.26 Å². The number of carbonyl (C=O) groups excluding carboxylic acids is 2. The van der Waals surface area contributed by atoms with Crippen LogP contribution in [0.25, 0.3) is 0 Å². The molecule has 7 heteroatoms. The summed E-state index contributed by atoms with van der Waals surface area (Å²) in [6, 6.07) is 3.29. The number of amides is 3. The number of rotatable bonds is 6. The van der Waals surface area contributed by atoms with Crippen molar-refractivity contribution in [3.05, 3.63) is 24.2 Å². The van der Waals surface area contributed by atoms with Crippen LogP contribution >= 0.6 is 0 Å². The zero-order chi connectivity index (χ0) is 17.5. The SMILES string of the molecule is CN(C)CCCN(C)C(=O)N[C@H]1CCCN(C(=O)c2ccco2)C1. The lowest BCUT2D eigenvalue weighted by Crippen LogP contribution is -2.52. The first-order valence-electron chi connectivity index (χ1n) is 8.46. The van der Waals surface area contributed by atoms with Crippen LogP contribution in [0, 0.1) is 0 Å². The van der Waals surface area contributed by atoms with E-state index in [4.69, 9.17) is 4.42 Å². The van der Waals surface area contributed by atoms with Gasteiger partial charge in [0.1, 0.15) is 0 Å². The molecule has 0 radical (unpaired) electrons. The second kappa shape index (κ2) is 8.73. The molecule has 1 aromatic rings. The summed E-state index contributed by atoms with van der Waals surface area (Å²) in [5.41, 5.74) is 0. The van der Waals surface area contributed by atoms with Gasteiger partial charge in [-0.3, -0.25) is 4.79 Å². The molecule has 1 N–H and O–H groups in total. The molecule has 0 unspecified atom stereocenters. The molecule has 0 spiro atoms. The fourth-order valence-electron chi connectivity index (χ4n) is 2.85. The number of nitrogens with zero attached hydrogens (tertiary/aromatic N) is 3. The van der Waals surface area contributed by atoms with Gasteiger partial charge >= 0.3 is 6.03 Å². The number of carbonyl (C=O) groups is 2. The van der Waals surface area contributed by atoms with Crippen molar-refractivity contribution in [3.63, 3.8) is 0 Å². The van der Waals surface area contributed by atoms with Crippen LogP contribution in [0.15, 0.2) is 22.8 Å². The van der Waals surface area contributed by atoms with E-state index in [1.807, 2.05) is 14.1 Å². The van der Waals surface area contributed by atoms with E-state index in [2.05, 4.69) is 10.2 Å². The van der Waals surface area contributed by atoms with Gasteiger partial charge in [0.25, 0.3) is 5.91 Å². The molecule has 0 bridgehead atoms. The number of likely N-dealkylation sites (tertiary alicyclic amines) is 1. The van der Waals surface area contributed by atoms with Crippen molar-refractivity contribution >= 4 is 11.9 Å². The molecule has 1 fully saturated rings.